The van der Waals surface area contributed by atoms with Gasteiger partial charge in [-0.05, 0) is 12.1 Å². The zero-order valence-corrected chi connectivity index (χ0v) is 5.78. The molecule has 1 heterocycles. The zero-order valence-electron chi connectivity index (χ0n) is 5.78. The molecule has 1 aromatic rings. The Kier molecular flexibility index (Phi) is 1.16. The molecule has 0 N–H and O–H groups in total. The van der Waals surface area contributed by atoms with E-state index in [2.05, 4.69) is 11.4 Å². The molecule has 0 unspecified atom stereocenters. The van der Waals surface area contributed by atoms with E-state index < -0.39 is 0 Å². The second-order valence-electron chi connectivity index (χ2n) is 2.30. The van der Waals surface area contributed by atoms with Gasteiger partial charge in [0.25, 0.3) is 0 Å². The molecule has 1 aliphatic rings. The molecule has 0 fully saturated rings. The lowest BCUT2D eigenvalue weighted by Gasteiger charge is -1.97. The maximum Gasteiger partial charge on any atom is 0.101 e. The summed E-state index contributed by atoms with van der Waals surface area (Å²) >= 11 is 0. The van der Waals surface area contributed by atoms with E-state index in [1.807, 2.05) is 18.2 Å². The predicted octanol–water partition coefficient (Wildman–Crippen LogP) is 1.78. The summed E-state index contributed by atoms with van der Waals surface area (Å²) < 4.78 is 0. The van der Waals surface area contributed by atoms with Crippen molar-refractivity contribution in [2.75, 3.05) is 0 Å². The predicted molar refractivity (Wildman–Crippen MR) is 42.0 cm³/mol. The molecule has 2 nitrogen and oxygen atoms in total. The third-order valence-corrected chi connectivity index (χ3v) is 1.65. The van der Waals surface area contributed by atoms with E-state index in [1.165, 1.54) is 0 Å². The van der Waals surface area contributed by atoms with Crippen LogP contribution in [0.2, 0.25) is 0 Å². The average Bonchev–Trinajstić information content (AvgIpc) is 2.50. The molecule has 51 valence electrons. The Balaban J connectivity index is 2.66. The van der Waals surface area contributed by atoms with Gasteiger partial charge in [0.15, 0.2) is 0 Å². The molecule has 0 aromatic heterocycles. The number of benzene rings is 1. The van der Waals surface area contributed by atoms with Crippen molar-refractivity contribution in [3.05, 3.63) is 35.5 Å². The van der Waals surface area contributed by atoms with E-state index in [0.717, 1.165) is 11.3 Å². The molecule has 1 aromatic carbocycles. The summed E-state index contributed by atoms with van der Waals surface area (Å²) in [5, 5.41) is 12.7. The van der Waals surface area contributed by atoms with Crippen molar-refractivity contribution < 1.29 is 0 Å². The maximum atomic E-state index is 8.66. The number of para-hydroxylation sites is 1. The molecule has 0 saturated carbocycles. The van der Waals surface area contributed by atoms with E-state index in [0.29, 0.717) is 5.56 Å². The molecule has 1 radical (unpaired) electrons. The first-order chi connectivity index (χ1) is 5.42. The molecule has 11 heavy (non-hydrogen) atoms. The topological polar surface area (TPSA) is 37.9 Å². The van der Waals surface area contributed by atoms with Crippen molar-refractivity contribution in [2.45, 2.75) is 0 Å². The van der Waals surface area contributed by atoms with Crippen LogP contribution in [0, 0.1) is 11.3 Å². The van der Waals surface area contributed by atoms with Crippen molar-refractivity contribution in [1.82, 2.24) is 5.32 Å². The number of nitrogens with zero attached hydrogens (tertiary/aromatic N) is 2. The largest absolute Gasteiger partial charge is 0.255 e. The van der Waals surface area contributed by atoms with Gasteiger partial charge in [-0.1, -0.05) is 12.1 Å². The fraction of sp³-hybridized carbons (Fsp3) is 0. The van der Waals surface area contributed by atoms with Gasteiger partial charge in [0.05, 0.1) is 11.3 Å². The average molecular weight is 141 g/mol. The Bertz CT molecular complexity index is 358. The molecule has 0 aliphatic carbocycles. The molecular formula is C9H5N2. The van der Waals surface area contributed by atoms with Crippen LogP contribution < -0.4 is 5.32 Å². The lowest BCUT2D eigenvalue weighted by molar-refractivity contribution is 1.20. The highest BCUT2D eigenvalue weighted by atomic mass is 14.9. The van der Waals surface area contributed by atoms with E-state index >= 15 is 0 Å². The van der Waals surface area contributed by atoms with Gasteiger partial charge in [-0.3, -0.25) is 5.32 Å². The number of hydrogen-bond acceptors (Lipinski definition) is 1. The Labute approximate surface area is 64.8 Å². The Morgan fingerprint density at radius 1 is 1.36 bits per heavy atom. The second kappa shape index (κ2) is 2.14. The zero-order chi connectivity index (χ0) is 7.68. The van der Waals surface area contributed by atoms with Crippen LogP contribution >= 0.6 is 0 Å². The number of nitriles is 1. The Morgan fingerprint density at radius 3 is 3.09 bits per heavy atom. The molecule has 0 atom stereocenters. The molecule has 1 aliphatic heterocycles. The van der Waals surface area contributed by atoms with Crippen LogP contribution in [0.15, 0.2) is 24.4 Å². The van der Waals surface area contributed by atoms with Crippen LogP contribution in [0.4, 0.5) is 5.69 Å². The van der Waals surface area contributed by atoms with Gasteiger partial charge in [-0.2, -0.15) is 5.26 Å². The fourth-order valence-corrected chi connectivity index (χ4v) is 1.12. The van der Waals surface area contributed by atoms with Crippen LogP contribution in [-0.4, -0.2) is 0 Å². The van der Waals surface area contributed by atoms with Gasteiger partial charge in [0, 0.05) is 11.8 Å². The molecule has 0 bridgehead atoms. The van der Waals surface area contributed by atoms with Crippen LogP contribution in [0.3, 0.4) is 0 Å². The van der Waals surface area contributed by atoms with Crippen molar-refractivity contribution in [3.63, 3.8) is 0 Å². The number of rotatable bonds is 0. The standard InChI is InChI=1S/C9H5N2/c10-6-8-3-1-2-7-4-5-11-9(7)8/h1-5H. The summed E-state index contributed by atoms with van der Waals surface area (Å²) in [5.74, 6) is 0. The summed E-state index contributed by atoms with van der Waals surface area (Å²) in [6.45, 7) is 0. The Morgan fingerprint density at radius 2 is 2.27 bits per heavy atom. The highest BCUT2D eigenvalue weighted by Crippen LogP contribution is 2.26. The first-order valence-corrected chi connectivity index (χ1v) is 3.32. The van der Waals surface area contributed by atoms with Crippen LogP contribution in [0.1, 0.15) is 11.1 Å². The highest BCUT2D eigenvalue weighted by Gasteiger charge is 2.09. The van der Waals surface area contributed by atoms with Crippen LogP contribution in [0.25, 0.3) is 6.08 Å². The third-order valence-electron chi connectivity index (χ3n) is 1.65. The second-order valence-corrected chi connectivity index (χ2v) is 2.30. The van der Waals surface area contributed by atoms with Crippen LogP contribution in [0.5, 0.6) is 0 Å². The maximum absolute atomic E-state index is 8.66. The summed E-state index contributed by atoms with van der Waals surface area (Å²) in [7, 11) is 0. The van der Waals surface area contributed by atoms with Gasteiger partial charge in [0.2, 0.25) is 0 Å². The first kappa shape index (κ1) is 5.99. The minimum Gasteiger partial charge on any atom is -0.255 e. The van der Waals surface area contributed by atoms with Crippen LogP contribution in [-0.2, 0) is 0 Å². The number of hydrogen-bond donors (Lipinski definition) is 0. The van der Waals surface area contributed by atoms with Gasteiger partial charge >= 0.3 is 0 Å². The van der Waals surface area contributed by atoms with Crippen molar-refractivity contribution in [2.24, 2.45) is 0 Å². The summed E-state index contributed by atoms with van der Waals surface area (Å²) in [6.07, 6.45) is 3.61. The SMILES string of the molecule is N#Cc1cccc2c1[N]C=C2. The quantitative estimate of drug-likeness (QED) is 0.542. The highest BCUT2D eigenvalue weighted by molar-refractivity contribution is 5.73. The molecule has 0 saturated heterocycles. The van der Waals surface area contributed by atoms with Gasteiger partial charge in [0.1, 0.15) is 6.07 Å². The van der Waals surface area contributed by atoms with Crippen molar-refractivity contribution in [1.29, 1.82) is 5.26 Å². The monoisotopic (exact) mass is 141 g/mol. The Hall–Kier alpha value is -1.75. The minimum atomic E-state index is 0.646. The smallest absolute Gasteiger partial charge is 0.101 e. The minimum absolute atomic E-state index is 0.646. The molecule has 0 spiro atoms. The lowest BCUT2D eigenvalue weighted by atomic mass is 10.1. The van der Waals surface area contributed by atoms with Gasteiger partial charge in [-0.25, -0.2) is 0 Å². The van der Waals surface area contributed by atoms with Crippen molar-refractivity contribution in [3.8, 4) is 6.07 Å². The molecular weight excluding hydrogens is 136 g/mol. The lowest BCUT2D eigenvalue weighted by Crippen LogP contribution is -1.86. The first-order valence-electron chi connectivity index (χ1n) is 3.32. The summed E-state index contributed by atoms with van der Waals surface area (Å²) in [6, 6.07) is 7.68. The van der Waals surface area contributed by atoms with Gasteiger partial charge in [-0.15, -0.1) is 0 Å². The fourth-order valence-electron chi connectivity index (χ4n) is 1.12. The van der Waals surface area contributed by atoms with Gasteiger partial charge < -0.3 is 0 Å². The molecule has 2 heteroatoms. The van der Waals surface area contributed by atoms with E-state index in [4.69, 9.17) is 5.26 Å². The van der Waals surface area contributed by atoms with E-state index in [-0.39, 0.29) is 0 Å². The molecule has 0 amide bonds. The van der Waals surface area contributed by atoms with Crippen molar-refractivity contribution >= 4 is 11.8 Å². The molecule has 2 rings (SSSR count). The van der Waals surface area contributed by atoms with E-state index in [1.54, 1.807) is 12.3 Å². The summed E-state index contributed by atoms with van der Waals surface area (Å²) in [4.78, 5) is 0. The van der Waals surface area contributed by atoms with E-state index in [9.17, 15) is 0 Å². The normalized spacial score (nSPS) is 11.9. The summed E-state index contributed by atoms with van der Waals surface area (Å²) in [5.41, 5.74) is 2.48. The third kappa shape index (κ3) is 0.786. The number of fused-ring (bicyclic) bond motifs is 1.